The largest absolute Gasteiger partial charge is 0.417 e. The smallest absolute Gasteiger partial charge is 0.354 e. The van der Waals surface area contributed by atoms with Crippen LogP contribution in [0.4, 0.5) is 23.4 Å². The highest BCUT2D eigenvalue weighted by atomic mass is 19.4. The summed E-state index contributed by atoms with van der Waals surface area (Å²) in [5, 5.41) is 6.86. The fraction of sp³-hybridized carbons (Fsp3) is 0.364. The molecule has 164 valence electrons. The van der Waals surface area contributed by atoms with Gasteiger partial charge in [-0.15, -0.1) is 0 Å². The van der Waals surface area contributed by atoms with Crippen LogP contribution in [0.3, 0.4) is 0 Å². The molecule has 3 aromatic rings. The number of aromatic nitrogens is 3. The molecule has 0 bridgehead atoms. The SMILES string of the molecule is CC1CN(c2ccc(C(F)(F)F)cn2)CC(C)N1C(c1cn[nH]c1)c1ccccc1F. The first kappa shape index (κ1) is 21.3. The quantitative estimate of drug-likeness (QED) is 0.609. The maximum atomic E-state index is 14.7. The van der Waals surface area contributed by atoms with Crippen LogP contribution in [0.1, 0.15) is 36.6 Å². The molecule has 3 heterocycles. The lowest BCUT2D eigenvalue weighted by atomic mass is 9.94. The minimum absolute atomic E-state index is 0.0210. The van der Waals surface area contributed by atoms with Gasteiger partial charge in [-0.3, -0.25) is 10.00 Å². The minimum Gasteiger partial charge on any atom is -0.354 e. The van der Waals surface area contributed by atoms with E-state index in [9.17, 15) is 17.6 Å². The Bertz CT molecular complexity index is 991. The summed E-state index contributed by atoms with van der Waals surface area (Å²) in [5.41, 5.74) is 0.643. The van der Waals surface area contributed by atoms with Crippen LogP contribution in [0.25, 0.3) is 0 Å². The third-order valence-electron chi connectivity index (χ3n) is 5.72. The normalized spacial score (nSPS) is 21.3. The summed E-state index contributed by atoms with van der Waals surface area (Å²) < 4.78 is 53.3. The van der Waals surface area contributed by atoms with Crippen molar-refractivity contribution in [2.75, 3.05) is 18.0 Å². The number of benzene rings is 1. The third-order valence-corrected chi connectivity index (χ3v) is 5.72. The van der Waals surface area contributed by atoms with Gasteiger partial charge in [0.1, 0.15) is 11.6 Å². The predicted octanol–water partition coefficient (Wildman–Crippen LogP) is 4.65. The molecular weight excluding hydrogens is 410 g/mol. The topological polar surface area (TPSA) is 48.1 Å². The predicted molar refractivity (Wildman–Crippen MR) is 109 cm³/mol. The van der Waals surface area contributed by atoms with Crippen molar-refractivity contribution >= 4 is 5.82 Å². The van der Waals surface area contributed by atoms with Gasteiger partial charge >= 0.3 is 6.18 Å². The van der Waals surface area contributed by atoms with Crippen molar-refractivity contribution in [3.8, 4) is 0 Å². The average Bonchev–Trinajstić information content (AvgIpc) is 3.25. The lowest BCUT2D eigenvalue weighted by Crippen LogP contribution is -2.58. The highest BCUT2D eigenvalue weighted by molar-refractivity contribution is 5.42. The van der Waals surface area contributed by atoms with Gasteiger partial charge in [0.05, 0.1) is 17.8 Å². The van der Waals surface area contributed by atoms with Crippen molar-refractivity contribution in [2.45, 2.75) is 38.1 Å². The van der Waals surface area contributed by atoms with E-state index in [1.54, 1.807) is 24.5 Å². The molecule has 0 saturated carbocycles. The van der Waals surface area contributed by atoms with Crippen LogP contribution < -0.4 is 4.90 Å². The summed E-state index contributed by atoms with van der Waals surface area (Å²) in [5.74, 6) is 0.206. The van der Waals surface area contributed by atoms with Crippen LogP contribution in [-0.4, -0.2) is 45.3 Å². The number of piperazine rings is 1. The van der Waals surface area contributed by atoms with Crippen molar-refractivity contribution in [3.05, 3.63) is 77.5 Å². The Morgan fingerprint density at radius 3 is 2.29 bits per heavy atom. The van der Waals surface area contributed by atoms with Crippen LogP contribution in [0, 0.1) is 5.82 Å². The number of H-pyrrole nitrogens is 1. The summed E-state index contributed by atoms with van der Waals surface area (Å²) in [6.07, 6.45) is -0.0896. The zero-order valence-corrected chi connectivity index (χ0v) is 17.1. The van der Waals surface area contributed by atoms with Gasteiger partial charge in [0, 0.05) is 48.7 Å². The first-order chi connectivity index (χ1) is 14.8. The van der Waals surface area contributed by atoms with Gasteiger partial charge in [-0.1, -0.05) is 18.2 Å². The molecule has 2 aromatic heterocycles. The molecule has 0 radical (unpaired) electrons. The highest BCUT2D eigenvalue weighted by Crippen LogP contribution is 2.36. The maximum absolute atomic E-state index is 14.7. The first-order valence-electron chi connectivity index (χ1n) is 10.0. The number of halogens is 4. The van der Waals surface area contributed by atoms with Gasteiger partial charge in [0.25, 0.3) is 0 Å². The van der Waals surface area contributed by atoms with Gasteiger partial charge in [0.2, 0.25) is 0 Å². The molecule has 31 heavy (non-hydrogen) atoms. The summed E-state index contributed by atoms with van der Waals surface area (Å²) in [4.78, 5) is 8.24. The first-order valence-corrected chi connectivity index (χ1v) is 10.0. The number of nitrogens with one attached hydrogen (secondary N) is 1. The monoisotopic (exact) mass is 433 g/mol. The molecule has 0 spiro atoms. The molecule has 3 atom stereocenters. The van der Waals surface area contributed by atoms with Crippen molar-refractivity contribution in [1.82, 2.24) is 20.1 Å². The van der Waals surface area contributed by atoms with Gasteiger partial charge in [-0.05, 0) is 32.0 Å². The number of alkyl halides is 3. The van der Waals surface area contributed by atoms with E-state index >= 15 is 0 Å². The third kappa shape index (κ3) is 4.27. The van der Waals surface area contributed by atoms with Gasteiger partial charge in [-0.2, -0.15) is 18.3 Å². The van der Waals surface area contributed by atoms with Crippen molar-refractivity contribution in [2.24, 2.45) is 0 Å². The molecule has 1 aliphatic heterocycles. The van der Waals surface area contributed by atoms with E-state index in [2.05, 4.69) is 20.1 Å². The van der Waals surface area contributed by atoms with E-state index in [1.165, 1.54) is 12.1 Å². The summed E-state index contributed by atoms with van der Waals surface area (Å²) >= 11 is 0. The number of hydrogen-bond acceptors (Lipinski definition) is 4. The fourth-order valence-electron chi connectivity index (χ4n) is 4.39. The van der Waals surface area contributed by atoms with Crippen LogP contribution in [0.2, 0.25) is 0 Å². The summed E-state index contributed by atoms with van der Waals surface area (Å²) in [6.45, 7) is 5.15. The molecule has 1 saturated heterocycles. The van der Waals surface area contributed by atoms with E-state index in [0.717, 1.165) is 17.8 Å². The van der Waals surface area contributed by atoms with Crippen LogP contribution >= 0.6 is 0 Å². The molecular formula is C22H23F4N5. The Balaban J connectivity index is 1.61. The molecule has 3 unspecified atom stereocenters. The molecule has 0 amide bonds. The molecule has 1 aliphatic rings. The number of aromatic amines is 1. The minimum atomic E-state index is -4.41. The zero-order valence-electron chi connectivity index (χ0n) is 17.1. The van der Waals surface area contributed by atoms with Gasteiger partial charge in [0.15, 0.2) is 0 Å². The molecule has 9 heteroatoms. The Labute approximate surface area is 177 Å². The molecule has 4 rings (SSSR count). The number of hydrogen-bond donors (Lipinski definition) is 1. The Kier molecular flexibility index (Phi) is 5.70. The average molecular weight is 433 g/mol. The second-order valence-electron chi connectivity index (χ2n) is 7.91. The second kappa shape index (κ2) is 8.30. The van der Waals surface area contributed by atoms with E-state index in [-0.39, 0.29) is 23.9 Å². The Hall–Kier alpha value is -2.94. The van der Waals surface area contributed by atoms with Crippen molar-refractivity contribution < 1.29 is 17.6 Å². The lowest BCUT2D eigenvalue weighted by Gasteiger charge is -2.48. The van der Waals surface area contributed by atoms with Gasteiger partial charge in [-0.25, -0.2) is 9.37 Å². The standard InChI is InChI=1S/C22H23F4N5/c1-14-12-30(20-8-7-17(11-27-20)22(24,25)26)13-15(2)31(14)21(16-9-28-29-10-16)18-5-3-4-6-19(18)23/h3-11,14-15,21H,12-13H2,1-2H3,(H,28,29). The van der Waals surface area contributed by atoms with E-state index in [4.69, 9.17) is 0 Å². The van der Waals surface area contributed by atoms with Gasteiger partial charge < -0.3 is 4.90 Å². The highest BCUT2D eigenvalue weighted by Gasteiger charge is 2.38. The maximum Gasteiger partial charge on any atom is 0.417 e. The van der Waals surface area contributed by atoms with Crippen LogP contribution in [0.5, 0.6) is 0 Å². The van der Waals surface area contributed by atoms with E-state index in [0.29, 0.717) is 24.5 Å². The van der Waals surface area contributed by atoms with E-state index in [1.807, 2.05) is 24.8 Å². The zero-order chi connectivity index (χ0) is 22.2. The molecule has 1 aromatic carbocycles. The van der Waals surface area contributed by atoms with Crippen LogP contribution in [0.15, 0.2) is 55.0 Å². The Morgan fingerprint density at radius 1 is 1.03 bits per heavy atom. The molecule has 5 nitrogen and oxygen atoms in total. The number of pyridine rings is 1. The van der Waals surface area contributed by atoms with Crippen LogP contribution in [-0.2, 0) is 6.18 Å². The molecule has 1 fully saturated rings. The summed E-state index contributed by atoms with van der Waals surface area (Å²) in [6, 6.07) is 8.76. The van der Waals surface area contributed by atoms with Crippen molar-refractivity contribution in [3.63, 3.8) is 0 Å². The fourth-order valence-corrected chi connectivity index (χ4v) is 4.39. The number of rotatable bonds is 4. The van der Waals surface area contributed by atoms with E-state index < -0.39 is 11.7 Å². The lowest BCUT2D eigenvalue weighted by molar-refractivity contribution is -0.137. The molecule has 0 aliphatic carbocycles. The van der Waals surface area contributed by atoms with Crippen molar-refractivity contribution in [1.29, 1.82) is 0 Å². The summed E-state index contributed by atoms with van der Waals surface area (Å²) in [7, 11) is 0. The number of anilines is 1. The second-order valence-corrected chi connectivity index (χ2v) is 7.91. The Morgan fingerprint density at radius 2 is 1.74 bits per heavy atom. The number of nitrogens with zero attached hydrogens (tertiary/aromatic N) is 4. The molecule has 1 N–H and O–H groups in total.